The number of amides is 1. The van der Waals surface area contributed by atoms with E-state index in [1.165, 1.54) is 35.0 Å². The summed E-state index contributed by atoms with van der Waals surface area (Å²) in [6, 6.07) is 9.93. The summed E-state index contributed by atoms with van der Waals surface area (Å²) < 4.78 is 58.0. The fraction of sp³-hybridized carbons (Fsp3) is 0.379. The zero-order valence-electron chi connectivity index (χ0n) is 24.1. The number of aromatic nitrogens is 1. The Hall–Kier alpha value is -3.19. The standard InChI is InChI=1S/C29H36FN3O6S2/c1-18(32-40(37)28(2,3)4)22-15-26(34)33(7)17-24(22)23-14-19(16-29(5,6)31-27(35)36)8-13-25(23)41(38,39)21-11-9-20(30)10-12-21/h8-15,17-18,31-32H,16H2,1-7H3,(H,35,36)/t18-,40-/m0/s1. The Bertz CT molecular complexity index is 1600. The maximum atomic E-state index is 13.9. The minimum absolute atomic E-state index is 0.0825. The lowest BCUT2D eigenvalue weighted by Crippen LogP contribution is -2.44. The Morgan fingerprint density at radius 3 is 2.24 bits per heavy atom. The van der Waals surface area contributed by atoms with Crippen molar-refractivity contribution in [2.45, 2.75) is 74.1 Å². The molecule has 3 N–H and O–H groups in total. The van der Waals surface area contributed by atoms with Crippen LogP contribution in [-0.2, 0) is 34.7 Å². The summed E-state index contributed by atoms with van der Waals surface area (Å²) in [6.45, 7) is 10.6. The third-order valence-corrected chi connectivity index (χ3v) is 9.91. The van der Waals surface area contributed by atoms with Crippen LogP contribution in [0.3, 0.4) is 0 Å². The SMILES string of the molecule is C[C@H](N[S@@+]([O-])C(C)(C)C)c1cc(=O)n(C)cc1-c1cc(CC(C)(C)NC(=O)O)ccc1S(=O)(=O)c1ccc(F)cc1. The van der Waals surface area contributed by atoms with E-state index in [0.717, 1.165) is 12.1 Å². The number of carbonyl (C=O) groups is 1. The Morgan fingerprint density at radius 2 is 1.68 bits per heavy atom. The smallest absolute Gasteiger partial charge is 0.405 e. The molecule has 41 heavy (non-hydrogen) atoms. The summed E-state index contributed by atoms with van der Waals surface area (Å²) in [7, 11) is -2.63. The number of halogens is 1. The summed E-state index contributed by atoms with van der Waals surface area (Å²) in [4.78, 5) is 23.9. The van der Waals surface area contributed by atoms with Gasteiger partial charge >= 0.3 is 6.09 Å². The van der Waals surface area contributed by atoms with Crippen molar-refractivity contribution in [3.8, 4) is 11.1 Å². The Morgan fingerprint density at radius 1 is 1.07 bits per heavy atom. The van der Waals surface area contributed by atoms with Crippen LogP contribution in [0.2, 0.25) is 0 Å². The van der Waals surface area contributed by atoms with E-state index >= 15 is 0 Å². The van der Waals surface area contributed by atoms with Crippen LogP contribution in [-0.4, -0.2) is 39.0 Å². The molecule has 0 aliphatic rings. The Kier molecular flexibility index (Phi) is 9.43. The highest BCUT2D eigenvalue weighted by Gasteiger charge is 2.31. The summed E-state index contributed by atoms with van der Waals surface area (Å²) in [6.07, 6.45) is 0.559. The van der Waals surface area contributed by atoms with Crippen LogP contribution in [0.15, 0.2) is 69.3 Å². The molecule has 0 unspecified atom stereocenters. The van der Waals surface area contributed by atoms with E-state index in [0.29, 0.717) is 16.7 Å². The van der Waals surface area contributed by atoms with Gasteiger partial charge in [0.15, 0.2) is 0 Å². The molecule has 3 aromatic rings. The Labute approximate surface area is 243 Å². The molecule has 0 bridgehead atoms. The average Bonchev–Trinajstić information content (AvgIpc) is 2.83. The van der Waals surface area contributed by atoms with Gasteiger partial charge in [-0.05, 0) is 95.5 Å². The van der Waals surface area contributed by atoms with E-state index in [2.05, 4.69) is 10.0 Å². The molecule has 1 heterocycles. The first kappa shape index (κ1) is 32.3. The molecule has 9 nitrogen and oxygen atoms in total. The predicted octanol–water partition coefficient (Wildman–Crippen LogP) is 4.73. The molecule has 1 amide bonds. The summed E-state index contributed by atoms with van der Waals surface area (Å²) in [5.74, 6) is -0.584. The molecule has 2 aromatic carbocycles. The number of nitrogens with one attached hydrogen (secondary N) is 2. The van der Waals surface area contributed by atoms with Crippen molar-refractivity contribution in [3.05, 3.63) is 82.0 Å². The molecule has 12 heteroatoms. The lowest BCUT2D eigenvalue weighted by atomic mass is 9.91. The number of rotatable bonds is 9. The molecule has 222 valence electrons. The summed E-state index contributed by atoms with van der Waals surface area (Å²) >= 11 is -1.50. The topological polar surface area (TPSA) is 141 Å². The molecule has 0 fully saturated rings. The van der Waals surface area contributed by atoms with Gasteiger partial charge in [-0.2, -0.15) is 0 Å². The number of hydrogen-bond acceptors (Lipinski definition) is 6. The number of aryl methyl sites for hydroxylation is 1. The number of sulfone groups is 1. The van der Waals surface area contributed by atoms with Crippen molar-refractivity contribution < 1.29 is 27.3 Å². The third-order valence-electron chi connectivity index (χ3n) is 6.41. The van der Waals surface area contributed by atoms with Gasteiger partial charge in [0.2, 0.25) is 9.84 Å². The highest BCUT2D eigenvalue weighted by Crippen LogP contribution is 2.37. The first-order chi connectivity index (χ1) is 18.8. The molecule has 0 saturated heterocycles. The molecule has 0 radical (unpaired) electrons. The van der Waals surface area contributed by atoms with Crippen molar-refractivity contribution in [2.24, 2.45) is 7.05 Å². The van der Waals surface area contributed by atoms with Crippen molar-refractivity contribution in [2.75, 3.05) is 0 Å². The van der Waals surface area contributed by atoms with Crippen molar-refractivity contribution in [3.63, 3.8) is 0 Å². The summed E-state index contributed by atoms with van der Waals surface area (Å²) in [5, 5.41) is 11.7. The van der Waals surface area contributed by atoms with Gasteiger partial charge in [0.25, 0.3) is 5.56 Å². The van der Waals surface area contributed by atoms with Crippen LogP contribution in [0.5, 0.6) is 0 Å². The van der Waals surface area contributed by atoms with Crippen LogP contribution in [0.1, 0.15) is 58.7 Å². The molecular formula is C29H36FN3O6S2. The van der Waals surface area contributed by atoms with Crippen molar-refractivity contribution >= 4 is 27.3 Å². The molecular weight excluding hydrogens is 569 g/mol. The average molecular weight is 606 g/mol. The fourth-order valence-corrected chi connectivity index (χ4v) is 6.60. The molecule has 0 saturated carbocycles. The van der Waals surface area contributed by atoms with Crippen LogP contribution >= 0.6 is 0 Å². The lowest BCUT2D eigenvalue weighted by molar-refractivity contribution is 0.182. The van der Waals surface area contributed by atoms with Gasteiger partial charge in [0, 0.05) is 47.3 Å². The second-order valence-corrected chi connectivity index (χ2v) is 15.5. The third kappa shape index (κ3) is 7.76. The fourth-order valence-electron chi connectivity index (χ4n) is 4.35. The van der Waals surface area contributed by atoms with E-state index < -0.39 is 49.4 Å². The molecule has 1 aromatic heterocycles. The van der Waals surface area contributed by atoms with Crippen LogP contribution in [0, 0.1) is 5.82 Å². The number of pyridine rings is 1. The van der Waals surface area contributed by atoms with Gasteiger partial charge in [-0.15, -0.1) is 4.72 Å². The van der Waals surface area contributed by atoms with Gasteiger partial charge < -0.3 is 19.5 Å². The molecule has 3 rings (SSSR count). The first-order valence-electron chi connectivity index (χ1n) is 12.9. The number of hydrogen-bond donors (Lipinski definition) is 3. The van der Waals surface area contributed by atoms with Gasteiger partial charge in [-0.25, -0.2) is 17.6 Å². The largest absolute Gasteiger partial charge is 0.598 e. The maximum Gasteiger partial charge on any atom is 0.405 e. The van der Waals surface area contributed by atoms with E-state index in [9.17, 15) is 32.1 Å². The van der Waals surface area contributed by atoms with Crippen molar-refractivity contribution in [1.29, 1.82) is 0 Å². The van der Waals surface area contributed by atoms with Gasteiger partial charge in [-0.1, -0.05) is 6.07 Å². The maximum absolute atomic E-state index is 13.9. The van der Waals surface area contributed by atoms with E-state index in [1.807, 2.05) is 0 Å². The Balaban J connectivity index is 2.30. The van der Waals surface area contributed by atoms with E-state index in [1.54, 1.807) is 60.7 Å². The lowest BCUT2D eigenvalue weighted by Gasteiger charge is -2.28. The van der Waals surface area contributed by atoms with Crippen LogP contribution in [0.25, 0.3) is 11.1 Å². The molecule has 0 aliphatic carbocycles. The normalized spacial score (nSPS) is 14.0. The molecule has 2 atom stereocenters. The van der Waals surface area contributed by atoms with Gasteiger partial charge in [0.05, 0.1) is 15.8 Å². The minimum atomic E-state index is -4.17. The first-order valence-corrected chi connectivity index (χ1v) is 15.5. The predicted molar refractivity (Wildman–Crippen MR) is 157 cm³/mol. The number of nitrogens with zero attached hydrogens (tertiary/aromatic N) is 1. The minimum Gasteiger partial charge on any atom is -0.598 e. The highest BCUT2D eigenvalue weighted by atomic mass is 32.2. The van der Waals surface area contributed by atoms with Crippen molar-refractivity contribution in [1.82, 2.24) is 14.6 Å². The monoisotopic (exact) mass is 605 g/mol. The number of benzene rings is 2. The van der Waals surface area contributed by atoms with Gasteiger partial charge in [0.1, 0.15) is 10.6 Å². The molecule has 0 spiro atoms. The molecule has 0 aliphatic heterocycles. The van der Waals surface area contributed by atoms with Crippen LogP contribution < -0.4 is 15.6 Å². The van der Waals surface area contributed by atoms with Gasteiger partial charge in [-0.3, -0.25) is 4.79 Å². The second-order valence-electron chi connectivity index (χ2n) is 11.6. The number of carboxylic acid groups (broad SMARTS) is 1. The second kappa shape index (κ2) is 12.0. The van der Waals surface area contributed by atoms with Crippen LogP contribution in [0.4, 0.5) is 9.18 Å². The summed E-state index contributed by atoms with van der Waals surface area (Å²) in [5.41, 5.74) is 0.510. The zero-order valence-corrected chi connectivity index (χ0v) is 25.7. The highest BCUT2D eigenvalue weighted by molar-refractivity contribution is 7.91. The quantitative estimate of drug-likeness (QED) is 0.237. The zero-order chi connectivity index (χ0) is 30.9. The van der Waals surface area contributed by atoms with E-state index in [-0.39, 0.29) is 27.3 Å². The van der Waals surface area contributed by atoms with E-state index in [4.69, 9.17) is 0 Å².